The Hall–Kier alpha value is -3.18. The molecule has 1 amide bonds. The van der Waals surface area contributed by atoms with Crippen LogP contribution in [0.2, 0.25) is 5.02 Å². The highest BCUT2D eigenvalue weighted by Crippen LogP contribution is 2.29. The average Bonchev–Trinajstić information content (AvgIpc) is 2.97. The van der Waals surface area contributed by atoms with Crippen molar-refractivity contribution in [3.05, 3.63) is 75.4 Å². The summed E-state index contributed by atoms with van der Waals surface area (Å²) in [5.41, 5.74) is 1.16. The quantitative estimate of drug-likeness (QED) is 0.721. The number of fused-ring (bicyclic) bond motifs is 1. The summed E-state index contributed by atoms with van der Waals surface area (Å²) in [6.07, 6.45) is 3.17. The largest absolute Gasteiger partial charge is 0.479 e. The molecule has 0 bridgehead atoms. The molecule has 4 rings (SSSR count). The first-order valence-corrected chi connectivity index (χ1v) is 7.85. The van der Waals surface area contributed by atoms with Crippen LogP contribution in [0.5, 0.6) is 5.95 Å². The maximum Gasteiger partial charge on any atom is 0.310 e. The number of benzene rings is 2. The third-order valence-electron chi connectivity index (χ3n) is 3.73. The standard InChI is InChI=1S/C19H11ClN2O3/c20-14-7-5-11(6-8-14)18-22-16(19(24)25-18)10-13-9-12-3-1-2-4-15(12)21-17(13)23/h1-10,24H. The number of hydrogen-bond acceptors (Lipinski definition) is 4. The fourth-order valence-electron chi connectivity index (χ4n) is 2.50. The summed E-state index contributed by atoms with van der Waals surface area (Å²) in [6, 6.07) is 14.2. The molecule has 1 aromatic heterocycles. The molecule has 0 saturated heterocycles. The second kappa shape index (κ2) is 6.03. The van der Waals surface area contributed by atoms with Gasteiger partial charge in [0.1, 0.15) is 5.69 Å². The molecule has 1 aliphatic heterocycles. The van der Waals surface area contributed by atoms with E-state index >= 15 is 0 Å². The van der Waals surface area contributed by atoms with Crippen LogP contribution in [0.4, 0.5) is 0 Å². The molecule has 3 aromatic rings. The van der Waals surface area contributed by atoms with Gasteiger partial charge in [-0.2, -0.15) is 0 Å². The number of nitrogens with zero attached hydrogens (tertiary/aromatic N) is 2. The number of aromatic nitrogens is 1. The zero-order chi connectivity index (χ0) is 17.4. The van der Waals surface area contributed by atoms with Gasteiger partial charge in [0, 0.05) is 21.4 Å². The minimum atomic E-state index is -0.394. The maximum atomic E-state index is 12.2. The second-order valence-electron chi connectivity index (χ2n) is 5.44. The number of rotatable bonds is 2. The van der Waals surface area contributed by atoms with Crippen molar-refractivity contribution in [2.75, 3.05) is 0 Å². The Morgan fingerprint density at radius 3 is 2.64 bits per heavy atom. The van der Waals surface area contributed by atoms with Crippen molar-refractivity contribution < 1.29 is 14.3 Å². The number of oxazole rings is 1. The molecule has 0 aliphatic carbocycles. The summed E-state index contributed by atoms with van der Waals surface area (Å²) in [5, 5.41) is 12.0. The first-order chi connectivity index (χ1) is 12.1. The van der Waals surface area contributed by atoms with E-state index in [0.29, 0.717) is 21.5 Å². The molecule has 122 valence electrons. The number of aromatic hydroxyl groups is 1. The molecule has 2 aromatic carbocycles. The highest BCUT2D eigenvalue weighted by atomic mass is 35.5. The predicted octanol–water partition coefficient (Wildman–Crippen LogP) is 2.72. The monoisotopic (exact) mass is 350 g/mol. The average molecular weight is 351 g/mol. The molecule has 0 unspecified atom stereocenters. The molecule has 1 aliphatic rings. The van der Waals surface area contributed by atoms with Gasteiger partial charge < -0.3 is 9.52 Å². The van der Waals surface area contributed by atoms with Gasteiger partial charge in [0.15, 0.2) is 0 Å². The Bertz CT molecular complexity index is 1130. The molecule has 1 N–H and O–H groups in total. The Morgan fingerprint density at radius 1 is 1.08 bits per heavy atom. The lowest BCUT2D eigenvalue weighted by Gasteiger charge is -2.01. The molecule has 0 atom stereocenters. The van der Waals surface area contributed by atoms with E-state index in [2.05, 4.69) is 9.98 Å². The van der Waals surface area contributed by atoms with Crippen molar-refractivity contribution in [1.29, 1.82) is 0 Å². The van der Waals surface area contributed by atoms with Crippen molar-refractivity contribution in [2.24, 2.45) is 4.99 Å². The van der Waals surface area contributed by atoms with E-state index in [1.807, 2.05) is 18.2 Å². The number of halogens is 1. The summed E-state index contributed by atoms with van der Waals surface area (Å²) in [6.45, 7) is 0. The Morgan fingerprint density at radius 2 is 1.84 bits per heavy atom. The molecule has 25 heavy (non-hydrogen) atoms. The zero-order valence-electron chi connectivity index (χ0n) is 12.8. The van der Waals surface area contributed by atoms with Crippen LogP contribution >= 0.6 is 11.6 Å². The van der Waals surface area contributed by atoms with Gasteiger partial charge in [-0.25, -0.2) is 9.98 Å². The number of carbonyl (C=O) groups is 1. The number of hydrogen-bond donors (Lipinski definition) is 1. The van der Waals surface area contributed by atoms with E-state index in [4.69, 9.17) is 16.0 Å². The summed E-state index contributed by atoms with van der Waals surface area (Å²) in [5.74, 6) is -0.520. The van der Waals surface area contributed by atoms with Gasteiger partial charge in [0.05, 0.1) is 5.36 Å². The molecule has 2 heterocycles. The fourth-order valence-corrected chi connectivity index (χ4v) is 2.63. The van der Waals surface area contributed by atoms with Crippen molar-refractivity contribution >= 4 is 29.7 Å². The molecule has 0 saturated carbocycles. The molecule has 6 heteroatoms. The maximum absolute atomic E-state index is 12.2. The van der Waals surface area contributed by atoms with Crippen molar-refractivity contribution in [3.63, 3.8) is 0 Å². The Kier molecular flexibility index (Phi) is 3.71. The summed E-state index contributed by atoms with van der Waals surface area (Å²) in [7, 11) is 0. The van der Waals surface area contributed by atoms with Crippen LogP contribution in [0, 0.1) is 0 Å². The topological polar surface area (TPSA) is 75.7 Å². The summed E-state index contributed by atoms with van der Waals surface area (Å²) in [4.78, 5) is 20.4. The molecule has 0 radical (unpaired) electrons. The van der Waals surface area contributed by atoms with Crippen molar-refractivity contribution in [1.82, 2.24) is 4.98 Å². The van der Waals surface area contributed by atoms with Crippen LogP contribution in [0.15, 0.2) is 63.5 Å². The number of carbonyl (C=O) groups excluding carboxylic acids is 1. The van der Waals surface area contributed by atoms with Gasteiger partial charge >= 0.3 is 5.95 Å². The van der Waals surface area contributed by atoms with Gasteiger partial charge in [0.2, 0.25) is 5.89 Å². The SMILES string of the molecule is O=C1N=c2ccccc2=CC1=Cc1nc(-c2ccc(Cl)cc2)oc1O. The third kappa shape index (κ3) is 2.97. The van der Waals surface area contributed by atoms with Crippen LogP contribution in [0.3, 0.4) is 0 Å². The van der Waals surface area contributed by atoms with E-state index in [0.717, 1.165) is 5.22 Å². The summed E-state index contributed by atoms with van der Waals surface area (Å²) < 4.78 is 5.29. The smallest absolute Gasteiger partial charge is 0.310 e. The fraction of sp³-hybridized carbons (Fsp3) is 0. The van der Waals surface area contributed by atoms with E-state index in [1.54, 1.807) is 36.4 Å². The molecular formula is C19H11ClN2O3. The van der Waals surface area contributed by atoms with Crippen LogP contribution in [0.25, 0.3) is 23.6 Å². The lowest BCUT2D eigenvalue weighted by Crippen LogP contribution is -2.29. The van der Waals surface area contributed by atoms with E-state index in [9.17, 15) is 9.90 Å². The van der Waals surface area contributed by atoms with Gasteiger partial charge in [-0.1, -0.05) is 29.8 Å². The normalized spacial score (nSPS) is 14.8. The van der Waals surface area contributed by atoms with E-state index < -0.39 is 5.91 Å². The van der Waals surface area contributed by atoms with Crippen molar-refractivity contribution in [2.45, 2.75) is 0 Å². The van der Waals surface area contributed by atoms with Crippen LogP contribution in [-0.2, 0) is 4.79 Å². The first-order valence-electron chi connectivity index (χ1n) is 7.47. The molecule has 0 fully saturated rings. The molecule has 5 nitrogen and oxygen atoms in total. The van der Waals surface area contributed by atoms with Crippen LogP contribution in [0.1, 0.15) is 5.69 Å². The van der Waals surface area contributed by atoms with Gasteiger partial charge in [-0.3, -0.25) is 4.79 Å². The second-order valence-corrected chi connectivity index (χ2v) is 5.87. The zero-order valence-corrected chi connectivity index (χ0v) is 13.6. The van der Waals surface area contributed by atoms with Gasteiger partial charge in [-0.05, 0) is 42.5 Å². The summed E-state index contributed by atoms with van der Waals surface area (Å²) >= 11 is 5.86. The first kappa shape index (κ1) is 15.4. The lowest BCUT2D eigenvalue weighted by atomic mass is 10.1. The third-order valence-corrected chi connectivity index (χ3v) is 3.99. The minimum absolute atomic E-state index is 0.166. The van der Waals surface area contributed by atoms with Crippen LogP contribution in [-0.4, -0.2) is 16.0 Å². The molecular weight excluding hydrogens is 340 g/mol. The highest BCUT2D eigenvalue weighted by Gasteiger charge is 2.16. The molecule has 0 spiro atoms. The Labute approximate surface area is 147 Å². The van der Waals surface area contributed by atoms with Gasteiger partial charge in [0.25, 0.3) is 5.91 Å². The highest BCUT2D eigenvalue weighted by molar-refractivity contribution is 6.30. The van der Waals surface area contributed by atoms with Gasteiger partial charge in [-0.15, -0.1) is 0 Å². The number of para-hydroxylation sites is 1. The van der Waals surface area contributed by atoms with E-state index in [-0.39, 0.29) is 17.5 Å². The predicted molar refractivity (Wildman–Crippen MR) is 93.3 cm³/mol. The van der Waals surface area contributed by atoms with Crippen LogP contribution < -0.4 is 10.6 Å². The number of amides is 1. The van der Waals surface area contributed by atoms with Crippen molar-refractivity contribution in [3.8, 4) is 17.4 Å². The van der Waals surface area contributed by atoms with E-state index in [1.165, 1.54) is 6.08 Å². The minimum Gasteiger partial charge on any atom is -0.479 e. The Balaban J connectivity index is 1.76. The lowest BCUT2D eigenvalue weighted by molar-refractivity contribution is -0.114.